The summed E-state index contributed by atoms with van der Waals surface area (Å²) in [4.78, 5) is 39.0. The molecule has 8 nitrogen and oxygen atoms in total. The van der Waals surface area contributed by atoms with Crippen LogP contribution in [-0.4, -0.2) is 61.1 Å². The van der Waals surface area contributed by atoms with Crippen LogP contribution < -0.4 is 14.4 Å². The summed E-state index contributed by atoms with van der Waals surface area (Å²) in [5.41, 5.74) is 0.558. The fraction of sp³-hybridized carbons (Fsp3) is 0.500. The van der Waals surface area contributed by atoms with Crippen molar-refractivity contribution in [3.63, 3.8) is 0 Å². The lowest BCUT2D eigenvalue weighted by molar-refractivity contribution is -0.147. The first-order valence-electron chi connectivity index (χ1n) is 8.33. The Kier molecular flexibility index (Phi) is 6.07. The Morgan fingerprint density at radius 3 is 2.54 bits per heavy atom. The first kappa shape index (κ1) is 19.6. The van der Waals surface area contributed by atoms with Gasteiger partial charge in [-0.2, -0.15) is 0 Å². The highest BCUT2D eigenvalue weighted by atomic mass is 16.5. The van der Waals surface area contributed by atoms with Crippen molar-refractivity contribution in [2.24, 2.45) is 5.92 Å². The number of amides is 2. The van der Waals surface area contributed by atoms with E-state index in [1.54, 1.807) is 32.0 Å². The van der Waals surface area contributed by atoms with Crippen LogP contribution in [0.25, 0.3) is 0 Å². The topological polar surface area (TPSA) is 96.4 Å². The highest BCUT2D eigenvalue weighted by Crippen LogP contribution is 2.36. The van der Waals surface area contributed by atoms with Crippen LogP contribution in [0.4, 0.5) is 5.69 Å². The van der Waals surface area contributed by atoms with E-state index in [1.807, 2.05) is 0 Å². The van der Waals surface area contributed by atoms with Gasteiger partial charge in [-0.05, 0) is 26.0 Å². The van der Waals surface area contributed by atoms with Gasteiger partial charge in [0.25, 0.3) is 0 Å². The molecule has 0 aliphatic carbocycles. The quantitative estimate of drug-likeness (QED) is 0.785. The van der Waals surface area contributed by atoms with Gasteiger partial charge in [0.05, 0.1) is 25.8 Å². The van der Waals surface area contributed by atoms with Crippen LogP contribution in [0.2, 0.25) is 0 Å². The van der Waals surface area contributed by atoms with Crippen molar-refractivity contribution in [3.8, 4) is 11.5 Å². The van der Waals surface area contributed by atoms with Gasteiger partial charge in [-0.25, -0.2) is 0 Å². The van der Waals surface area contributed by atoms with Crippen molar-refractivity contribution >= 4 is 23.5 Å². The number of hydrogen-bond donors (Lipinski definition) is 1. The molecule has 1 unspecified atom stereocenters. The van der Waals surface area contributed by atoms with Crippen LogP contribution in [0.5, 0.6) is 11.5 Å². The number of carbonyl (C=O) groups excluding carboxylic acids is 2. The van der Waals surface area contributed by atoms with E-state index < -0.39 is 11.9 Å². The van der Waals surface area contributed by atoms with Gasteiger partial charge in [0.15, 0.2) is 0 Å². The first-order chi connectivity index (χ1) is 12.3. The molecule has 1 fully saturated rings. The summed E-state index contributed by atoms with van der Waals surface area (Å²) in [5, 5.41) is 9.02. The Hall–Kier alpha value is -2.77. The Morgan fingerprint density at radius 2 is 2.00 bits per heavy atom. The van der Waals surface area contributed by atoms with Gasteiger partial charge >= 0.3 is 5.97 Å². The summed E-state index contributed by atoms with van der Waals surface area (Å²) in [6, 6.07) is 4.83. The maximum Gasteiger partial charge on any atom is 0.323 e. The van der Waals surface area contributed by atoms with E-state index in [1.165, 1.54) is 24.0 Å². The summed E-state index contributed by atoms with van der Waals surface area (Å²) in [7, 11) is 3.03. The predicted octanol–water partition coefficient (Wildman–Crippen LogP) is 1.38. The molecule has 0 aromatic heterocycles. The number of hydrogen-bond acceptors (Lipinski definition) is 5. The van der Waals surface area contributed by atoms with E-state index in [0.717, 1.165) is 0 Å². The van der Waals surface area contributed by atoms with Crippen molar-refractivity contribution in [2.45, 2.75) is 26.3 Å². The zero-order valence-corrected chi connectivity index (χ0v) is 15.4. The lowest BCUT2D eigenvalue weighted by Gasteiger charge is -2.27. The van der Waals surface area contributed by atoms with Crippen molar-refractivity contribution in [3.05, 3.63) is 18.2 Å². The SMILES string of the molecule is COc1ccc(N2CC(C(=O)N(CC(=O)O)C(C)C)CC2=O)c(OC)c1. The third-order valence-corrected chi connectivity index (χ3v) is 4.36. The molecule has 1 atom stereocenters. The second-order valence-corrected chi connectivity index (χ2v) is 6.40. The summed E-state index contributed by atoms with van der Waals surface area (Å²) in [5.74, 6) is -1.13. The summed E-state index contributed by atoms with van der Waals surface area (Å²) in [6.07, 6.45) is 0.0385. The van der Waals surface area contributed by atoms with E-state index in [0.29, 0.717) is 17.2 Å². The van der Waals surface area contributed by atoms with E-state index in [9.17, 15) is 14.4 Å². The van der Waals surface area contributed by atoms with Crippen molar-refractivity contribution < 1.29 is 29.0 Å². The van der Waals surface area contributed by atoms with Crippen LogP contribution in [0.15, 0.2) is 18.2 Å². The molecule has 8 heteroatoms. The highest BCUT2D eigenvalue weighted by molar-refractivity contribution is 6.01. The number of carboxylic acid groups (broad SMARTS) is 1. The molecule has 1 saturated heterocycles. The van der Waals surface area contributed by atoms with E-state index >= 15 is 0 Å². The number of nitrogens with zero attached hydrogens (tertiary/aromatic N) is 2. The summed E-state index contributed by atoms with van der Waals surface area (Å²) < 4.78 is 10.5. The van der Waals surface area contributed by atoms with E-state index in [2.05, 4.69) is 0 Å². The molecule has 1 heterocycles. The second-order valence-electron chi connectivity index (χ2n) is 6.40. The average molecular weight is 364 g/mol. The number of anilines is 1. The third-order valence-electron chi connectivity index (χ3n) is 4.36. The van der Waals surface area contributed by atoms with Gasteiger partial charge in [-0.15, -0.1) is 0 Å². The minimum absolute atomic E-state index is 0.0385. The van der Waals surface area contributed by atoms with Gasteiger partial charge in [0.2, 0.25) is 11.8 Å². The Labute approximate surface area is 152 Å². The molecule has 0 bridgehead atoms. The monoisotopic (exact) mass is 364 g/mol. The molecular formula is C18H24N2O6. The number of carboxylic acids is 1. The fourth-order valence-corrected chi connectivity index (χ4v) is 3.01. The number of benzene rings is 1. The first-order valence-corrected chi connectivity index (χ1v) is 8.33. The maximum atomic E-state index is 12.7. The molecular weight excluding hydrogens is 340 g/mol. The smallest absolute Gasteiger partial charge is 0.323 e. The standard InChI is InChI=1S/C18H24N2O6/c1-11(2)19(10-17(22)23)18(24)12-7-16(21)20(9-12)14-6-5-13(25-3)8-15(14)26-4/h5-6,8,11-12H,7,9-10H2,1-4H3,(H,22,23). The minimum Gasteiger partial charge on any atom is -0.497 e. The van der Waals surface area contributed by atoms with Gasteiger partial charge in [-0.1, -0.05) is 0 Å². The Morgan fingerprint density at radius 1 is 1.31 bits per heavy atom. The highest BCUT2D eigenvalue weighted by Gasteiger charge is 2.39. The number of ether oxygens (including phenoxy) is 2. The zero-order chi connectivity index (χ0) is 19.4. The molecule has 2 amide bonds. The van der Waals surface area contributed by atoms with Crippen LogP contribution in [0.1, 0.15) is 20.3 Å². The molecule has 1 aliphatic rings. The normalized spacial score (nSPS) is 16.7. The van der Waals surface area contributed by atoms with E-state index in [-0.39, 0.29) is 37.4 Å². The lowest BCUT2D eigenvalue weighted by atomic mass is 10.1. The number of carbonyl (C=O) groups is 3. The molecule has 2 rings (SSSR count). The van der Waals surface area contributed by atoms with Crippen molar-refractivity contribution in [2.75, 3.05) is 32.2 Å². The zero-order valence-electron chi connectivity index (χ0n) is 15.4. The number of methoxy groups -OCH3 is 2. The minimum atomic E-state index is -1.08. The Balaban J connectivity index is 2.22. The van der Waals surface area contributed by atoms with Gasteiger partial charge in [-0.3, -0.25) is 14.4 Å². The van der Waals surface area contributed by atoms with Gasteiger partial charge in [0.1, 0.15) is 18.0 Å². The third kappa shape index (κ3) is 4.07. The Bertz CT molecular complexity index is 703. The molecule has 142 valence electrons. The number of rotatable bonds is 7. The predicted molar refractivity (Wildman–Crippen MR) is 94.5 cm³/mol. The van der Waals surface area contributed by atoms with Gasteiger partial charge in [0, 0.05) is 25.1 Å². The molecule has 1 aliphatic heterocycles. The summed E-state index contributed by atoms with van der Waals surface area (Å²) >= 11 is 0. The molecule has 1 aromatic carbocycles. The second kappa shape index (κ2) is 8.07. The molecule has 26 heavy (non-hydrogen) atoms. The number of aliphatic carboxylic acids is 1. The van der Waals surface area contributed by atoms with Crippen LogP contribution in [0.3, 0.4) is 0 Å². The molecule has 0 radical (unpaired) electrons. The van der Waals surface area contributed by atoms with Gasteiger partial charge < -0.3 is 24.4 Å². The average Bonchev–Trinajstić information content (AvgIpc) is 2.99. The summed E-state index contributed by atoms with van der Waals surface area (Å²) in [6.45, 7) is 3.31. The van der Waals surface area contributed by atoms with Crippen LogP contribution >= 0.6 is 0 Å². The lowest BCUT2D eigenvalue weighted by Crippen LogP contribution is -2.44. The molecule has 0 spiro atoms. The molecule has 0 saturated carbocycles. The fourth-order valence-electron chi connectivity index (χ4n) is 3.01. The largest absolute Gasteiger partial charge is 0.497 e. The maximum absolute atomic E-state index is 12.7. The van der Waals surface area contributed by atoms with Crippen LogP contribution in [0, 0.1) is 5.92 Å². The van der Waals surface area contributed by atoms with Crippen molar-refractivity contribution in [1.82, 2.24) is 4.90 Å². The molecule has 1 aromatic rings. The van der Waals surface area contributed by atoms with Crippen molar-refractivity contribution in [1.29, 1.82) is 0 Å². The van der Waals surface area contributed by atoms with E-state index in [4.69, 9.17) is 14.6 Å². The van der Waals surface area contributed by atoms with Crippen LogP contribution in [-0.2, 0) is 14.4 Å². The molecule has 1 N–H and O–H groups in total.